The average Bonchev–Trinajstić information content (AvgIpc) is 2.66. The van der Waals surface area contributed by atoms with Crippen LogP contribution in [0.2, 0.25) is 0 Å². The summed E-state index contributed by atoms with van der Waals surface area (Å²) < 4.78 is 0. The van der Waals surface area contributed by atoms with Gasteiger partial charge in [-0.05, 0) is 38.8 Å². The maximum Gasteiger partial charge on any atom is 0.0153 e. The Morgan fingerprint density at radius 3 is 2.53 bits per heavy atom. The van der Waals surface area contributed by atoms with Gasteiger partial charge in [0.1, 0.15) is 0 Å². The molecule has 1 fully saturated rings. The third-order valence-corrected chi connectivity index (χ3v) is 4.75. The molecule has 2 rings (SSSR count). The fourth-order valence-corrected chi connectivity index (χ4v) is 3.31. The van der Waals surface area contributed by atoms with Crippen molar-refractivity contribution in [2.75, 3.05) is 18.4 Å². The minimum Gasteiger partial charge on any atom is -0.298 e. The van der Waals surface area contributed by atoms with Crippen molar-refractivity contribution in [2.24, 2.45) is 0 Å². The van der Waals surface area contributed by atoms with Crippen LogP contribution >= 0.6 is 15.9 Å². The third kappa shape index (κ3) is 3.11. The summed E-state index contributed by atoms with van der Waals surface area (Å²) in [7, 11) is 0. The number of benzene rings is 1. The van der Waals surface area contributed by atoms with Gasteiger partial charge in [0.2, 0.25) is 0 Å². The van der Waals surface area contributed by atoms with Crippen LogP contribution in [-0.4, -0.2) is 28.9 Å². The lowest BCUT2D eigenvalue weighted by Crippen LogP contribution is -2.40. The molecule has 0 aliphatic carbocycles. The van der Waals surface area contributed by atoms with Crippen LogP contribution in [-0.2, 0) is 0 Å². The van der Waals surface area contributed by atoms with E-state index in [1.165, 1.54) is 31.5 Å². The smallest absolute Gasteiger partial charge is 0.0153 e. The van der Waals surface area contributed by atoms with Crippen molar-refractivity contribution in [3.05, 3.63) is 35.9 Å². The van der Waals surface area contributed by atoms with Crippen molar-refractivity contribution in [1.82, 2.24) is 4.90 Å². The summed E-state index contributed by atoms with van der Waals surface area (Å²) in [5, 5.41) is 1.05. The van der Waals surface area contributed by atoms with E-state index in [4.69, 9.17) is 0 Å². The molecule has 0 aromatic heterocycles. The van der Waals surface area contributed by atoms with E-state index in [2.05, 4.69) is 65.0 Å². The number of nitrogens with zero attached hydrogens (tertiary/aromatic N) is 1. The van der Waals surface area contributed by atoms with Crippen molar-refractivity contribution in [3.63, 3.8) is 0 Å². The number of hydrogen-bond donors (Lipinski definition) is 0. The normalized spacial score (nSPS) is 21.6. The van der Waals surface area contributed by atoms with Crippen molar-refractivity contribution < 1.29 is 0 Å². The lowest BCUT2D eigenvalue weighted by atomic mass is 9.97. The van der Waals surface area contributed by atoms with Gasteiger partial charge in [0.05, 0.1) is 0 Å². The summed E-state index contributed by atoms with van der Waals surface area (Å²) in [5.41, 5.74) is 1.84. The van der Waals surface area contributed by atoms with Gasteiger partial charge in [0, 0.05) is 23.3 Å². The minimum atomic E-state index is 0.384. The quantitative estimate of drug-likeness (QED) is 0.758. The second kappa shape index (κ2) is 5.53. The summed E-state index contributed by atoms with van der Waals surface area (Å²) in [6.07, 6.45) is 2.67. The van der Waals surface area contributed by atoms with Gasteiger partial charge in [-0.15, -0.1) is 0 Å². The zero-order valence-electron chi connectivity index (χ0n) is 10.8. The van der Waals surface area contributed by atoms with Crippen molar-refractivity contribution in [3.8, 4) is 0 Å². The second-order valence-corrected chi connectivity index (χ2v) is 6.27. The summed E-state index contributed by atoms with van der Waals surface area (Å²) in [4.78, 5) is 2.64. The SMILES string of the molecule is CC1(C)CCCN1CC(CBr)c1ccccc1. The van der Waals surface area contributed by atoms with Crippen molar-refractivity contribution in [1.29, 1.82) is 0 Å². The zero-order chi connectivity index (χ0) is 12.3. The molecule has 94 valence electrons. The molecule has 0 N–H and O–H groups in total. The molecule has 0 spiro atoms. The lowest BCUT2D eigenvalue weighted by molar-refractivity contribution is 0.168. The van der Waals surface area contributed by atoms with E-state index < -0.39 is 0 Å². The highest BCUT2D eigenvalue weighted by atomic mass is 79.9. The van der Waals surface area contributed by atoms with Gasteiger partial charge in [-0.1, -0.05) is 46.3 Å². The Morgan fingerprint density at radius 2 is 2.00 bits per heavy atom. The van der Waals surface area contributed by atoms with E-state index in [-0.39, 0.29) is 0 Å². The minimum absolute atomic E-state index is 0.384. The highest BCUT2D eigenvalue weighted by Crippen LogP contribution is 2.31. The van der Waals surface area contributed by atoms with Crippen molar-refractivity contribution >= 4 is 15.9 Å². The van der Waals surface area contributed by atoms with Gasteiger partial charge in [0.25, 0.3) is 0 Å². The van der Waals surface area contributed by atoms with Crippen LogP contribution in [0.1, 0.15) is 38.2 Å². The number of likely N-dealkylation sites (tertiary alicyclic amines) is 1. The monoisotopic (exact) mass is 295 g/mol. The first-order valence-electron chi connectivity index (χ1n) is 6.49. The van der Waals surface area contributed by atoms with Crippen LogP contribution in [0.15, 0.2) is 30.3 Å². The first kappa shape index (κ1) is 13.1. The van der Waals surface area contributed by atoms with E-state index >= 15 is 0 Å². The van der Waals surface area contributed by atoms with Crippen LogP contribution < -0.4 is 0 Å². The molecule has 1 aliphatic heterocycles. The molecular weight excluding hydrogens is 274 g/mol. The molecule has 1 heterocycles. The Labute approximate surface area is 113 Å². The maximum atomic E-state index is 3.67. The van der Waals surface area contributed by atoms with E-state index in [0.29, 0.717) is 11.5 Å². The molecule has 0 radical (unpaired) electrons. The molecule has 0 amide bonds. The molecule has 17 heavy (non-hydrogen) atoms. The van der Waals surface area contributed by atoms with E-state index in [9.17, 15) is 0 Å². The average molecular weight is 296 g/mol. The van der Waals surface area contributed by atoms with Gasteiger partial charge < -0.3 is 0 Å². The molecule has 1 saturated heterocycles. The second-order valence-electron chi connectivity index (χ2n) is 5.62. The van der Waals surface area contributed by atoms with Gasteiger partial charge in [-0.25, -0.2) is 0 Å². The zero-order valence-corrected chi connectivity index (χ0v) is 12.4. The first-order chi connectivity index (χ1) is 8.13. The Bertz CT molecular complexity index is 347. The van der Waals surface area contributed by atoms with Gasteiger partial charge in [-0.3, -0.25) is 4.90 Å². The molecule has 1 aliphatic rings. The molecule has 1 atom stereocenters. The van der Waals surface area contributed by atoms with Gasteiger partial charge in [-0.2, -0.15) is 0 Å². The third-order valence-electron chi connectivity index (χ3n) is 3.97. The molecular formula is C15H22BrN. The Kier molecular flexibility index (Phi) is 4.26. The van der Waals surface area contributed by atoms with Crippen LogP contribution in [0.25, 0.3) is 0 Å². The topological polar surface area (TPSA) is 3.24 Å². The number of rotatable bonds is 4. The Balaban J connectivity index is 2.06. The standard InChI is InChI=1S/C15H22BrN/c1-15(2)9-6-10-17(15)12-14(11-16)13-7-4-3-5-8-13/h3-5,7-8,14H,6,9-12H2,1-2H3. The first-order valence-corrected chi connectivity index (χ1v) is 7.61. The number of hydrogen-bond acceptors (Lipinski definition) is 1. The molecule has 1 nitrogen and oxygen atoms in total. The predicted molar refractivity (Wildman–Crippen MR) is 77.9 cm³/mol. The van der Waals surface area contributed by atoms with Crippen LogP contribution in [0.5, 0.6) is 0 Å². The van der Waals surface area contributed by atoms with Crippen LogP contribution in [0.3, 0.4) is 0 Å². The van der Waals surface area contributed by atoms with Crippen LogP contribution in [0.4, 0.5) is 0 Å². The van der Waals surface area contributed by atoms with Crippen LogP contribution in [0, 0.1) is 0 Å². The summed E-state index contributed by atoms with van der Waals surface area (Å²) in [5.74, 6) is 0.605. The van der Waals surface area contributed by atoms with E-state index in [1.54, 1.807) is 0 Å². The maximum absolute atomic E-state index is 3.67. The molecule has 1 aromatic carbocycles. The fraction of sp³-hybridized carbons (Fsp3) is 0.600. The van der Waals surface area contributed by atoms with Gasteiger partial charge in [0.15, 0.2) is 0 Å². The van der Waals surface area contributed by atoms with E-state index in [0.717, 1.165) is 5.33 Å². The molecule has 0 saturated carbocycles. The number of halogens is 1. The highest BCUT2D eigenvalue weighted by molar-refractivity contribution is 9.09. The number of alkyl halides is 1. The van der Waals surface area contributed by atoms with E-state index in [1.807, 2.05) is 0 Å². The molecule has 0 bridgehead atoms. The molecule has 1 aromatic rings. The Hall–Kier alpha value is -0.340. The fourth-order valence-electron chi connectivity index (χ4n) is 2.74. The van der Waals surface area contributed by atoms with Gasteiger partial charge >= 0.3 is 0 Å². The summed E-state index contributed by atoms with van der Waals surface area (Å²) in [6.45, 7) is 7.16. The predicted octanol–water partition coefficient (Wildman–Crippen LogP) is 4.04. The summed E-state index contributed by atoms with van der Waals surface area (Å²) >= 11 is 3.67. The van der Waals surface area contributed by atoms with Crippen molar-refractivity contribution in [2.45, 2.75) is 38.1 Å². The molecule has 2 heteroatoms. The highest BCUT2D eigenvalue weighted by Gasteiger charge is 2.33. The molecule has 1 unspecified atom stereocenters. The largest absolute Gasteiger partial charge is 0.298 e. The lowest BCUT2D eigenvalue weighted by Gasteiger charge is -2.34. The summed E-state index contributed by atoms with van der Waals surface area (Å²) in [6, 6.07) is 10.9. The Morgan fingerprint density at radius 1 is 1.29 bits per heavy atom.